The van der Waals surface area contributed by atoms with Gasteiger partial charge in [-0.15, -0.1) is 0 Å². The van der Waals surface area contributed by atoms with Gasteiger partial charge in [-0.1, -0.05) is 0 Å². The maximum Gasteiger partial charge on any atom is 2.00 e. The first-order chi connectivity index (χ1) is 2.00. The van der Waals surface area contributed by atoms with Gasteiger partial charge in [0.15, 0.2) is 0 Å². The molecule has 12 N–H and O–H groups in total. The first kappa shape index (κ1) is 33.1. The van der Waals surface area contributed by atoms with Gasteiger partial charge in [0.05, 0.1) is 0 Å². The van der Waals surface area contributed by atoms with Crippen LogP contribution in [0.4, 0.5) is 0 Å². The van der Waals surface area contributed by atoms with E-state index >= 15 is 0 Å². The average molecular weight is 175 g/mol. The van der Waals surface area contributed by atoms with Crippen LogP contribution in [-0.4, -0.2) is 37.7 Å². The number of phosphoric acid groups is 1. The van der Waals surface area contributed by atoms with Gasteiger partial charge >= 0.3 is 30.9 Å². The van der Waals surface area contributed by atoms with E-state index in [4.69, 9.17) is 19.2 Å². The Morgan fingerprint density at radius 2 is 1.00 bits per heavy atom. The van der Waals surface area contributed by atoms with E-state index in [0.717, 1.165) is 0 Å². The zero-order valence-electron chi connectivity index (χ0n) is 7.03. The molecule has 0 spiro atoms. The second-order valence-electron chi connectivity index (χ2n) is 0.513. The first-order valence-corrected chi connectivity index (χ1v) is 2.35. The molecule has 0 bridgehead atoms. The van der Waals surface area contributed by atoms with Gasteiger partial charge in [0.1, 0.15) is 0 Å². The summed E-state index contributed by atoms with van der Waals surface area (Å²) in [6.45, 7) is 0. The summed E-state index contributed by atoms with van der Waals surface area (Å²) >= 11 is 0. The molecule has 0 saturated heterocycles. The van der Waals surface area contributed by atoms with E-state index in [2.05, 4.69) is 0 Å². The Morgan fingerprint density at radius 1 is 1.00 bits per heavy atom. The van der Waals surface area contributed by atoms with Gasteiger partial charge < -0.3 is 36.0 Å². The van der Waals surface area contributed by atoms with Crippen molar-refractivity contribution in [2.75, 3.05) is 0 Å². The van der Waals surface area contributed by atoms with Crippen molar-refractivity contribution in [1.82, 2.24) is 18.5 Å². The Kier molecular flexibility index (Phi) is 42.4. The van der Waals surface area contributed by atoms with Gasteiger partial charge in [-0.25, -0.2) is 4.57 Å². The predicted octanol–water partition coefficient (Wildman–Crippen LogP) is -0.598. The summed E-state index contributed by atoms with van der Waals surface area (Å²) in [5.41, 5.74) is 0. The summed E-state index contributed by atoms with van der Waals surface area (Å²) in [7, 11) is -4.64. The normalized spacial score (nSPS) is 6.56. The Bertz CT molecular complexity index is 69.5. The molecule has 0 aliphatic carbocycles. The van der Waals surface area contributed by atoms with Crippen molar-refractivity contribution in [3.05, 3.63) is 0 Å². The minimum absolute atomic E-state index is 0. The second-order valence-corrected chi connectivity index (χ2v) is 1.54. The molecule has 0 heterocycles. The zero-order chi connectivity index (χ0) is 4.50. The fraction of sp³-hybridized carbons (Fsp3) is 0. The van der Waals surface area contributed by atoms with E-state index in [1.807, 2.05) is 0 Å². The molecule has 9 heavy (non-hydrogen) atoms. The van der Waals surface area contributed by atoms with Crippen LogP contribution in [0, 0.1) is 0 Å². The molecule has 7 nitrogen and oxygen atoms in total. The quantitative estimate of drug-likeness (QED) is 0.210. The SMILES string of the molecule is N.N.N.O=P(O)(O)O.[H-].[H-].[Mg+2]. The van der Waals surface area contributed by atoms with Crippen LogP contribution in [0.25, 0.3) is 0 Å². The van der Waals surface area contributed by atoms with E-state index in [1.54, 1.807) is 0 Å². The molecule has 0 atom stereocenters. The third kappa shape index (κ3) is 699. The predicted molar refractivity (Wildman–Crippen MR) is 37.3 cm³/mol. The van der Waals surface area contributed by atoms with Crippen molar-refractivity contribution in [3.63, 3.8) is 0 Å². The molecule has 0 rings (SSSR count). The van der Waals surface area contributed by atoms with Crippen molar-refractivity contribution in [1.29, 1.82) is 0 Å². The fourth-order valence-electron chi connectivity index (χ4n) is 0. The van der Waals surface area contributed by atoms with Gasteiger partial charge in [0, 0.05) is 0 Å². The maximum absolute atomic E-state index is 8.88. The molecule has 0 aliphatic rings. The van der Waals surface area contributed by atoms with Gasteiger partial charge in [-0.05, 0) is 0 Å². The summed E-state index contributed by atoms with van der Waals surface area (Å²) in [6.07, 6.45) is 0. The van der Waals surface area contributed by atoms with E-state index in [9.17, 15) is 0 Å². The van der Waals surface area contributed by atoms with Gasteiger partial charge in [-0.3, -0.25) is 0 Å². The molecule has 0 aromatic carbocycles. The Morgan fingerprint density at radius 3 is 1.00 bits per heavy atom. The second kappa shape index (κ2) is 11.5. The largest absolute Gasteiger partial charge is 2.00 e. The summed E-state index contributed by atoms with van der Waals surface area (Å²) in [6, 6.07) is 0. The molecule has 0 unspecified atom stereocenters. The standard InChI is InChI=1S/Mg.3H3N.H3O4P.2H/c;;;;1-5(2,3)4;;/h;3*1H3;(H3,1,2,3,4);;/q+2;;;;;2*-1. The average Bonchev–Trinajstić information content (AvgIpc) is 0.722. The van der Waals surface area contributed by atoms with Crippen LogP contribution in [0.2, 0.25) is 0 Å². The summed E-state index contributed by atoms with van der Waals surface area (Å²) in [4.78, 5) is 21.6. The maximum atomic E-state index is 8.88. The Labute approximate surface area is 72.0 Å². The molecular formula is H14MgN3O4P. The van der Waals surface area contributed by atoms with Gasteiger partial charge in [0.25, 0.3) is 0 Å². The molecule has 0 fully saturated rings. The van der Waals surface area contributed by atoms with Crippen LogP contribution in [0.5, 0.6) is 0 Å². The minimum atomic E-state index is -4.64. The van der Waals surface area contributed by atoms with Crippen LogP contribution in [0.1, 0.15) is 2.85 Å². The summed E-state index contributed by atoms with van der Waals surface area (Å²) in [5, 5.41) is 0. The van der Waals surface area contributed by atoms with Crippen LogP contribution in [0.3, 0.4) is 0 Å². The molecule has 60 valence electrons. The smallest absolute Gasteiger partial charge is 1.00 e. The molecular weight excluding hydrogens is 161 g/mol. The summed E-state index contributed by atoms with van der Waals surface area (Å²) < 4.78 is 8.88. The Hall–Kier alpha value is 0.756. The van der Waals surface area contributed by atoms with E-state index in [0.29, 0.717) is 0 Å². The summed E-state index contributed by atoms with van der Waals surface area (Å²) in [5.74, 6) is 0. The molecule has 0 saturated carbocycles. The molecule has 9 heteroatoms. The van der Waals surface area contributed by atoms with Crippen molar-refractivity contribution in [2.24, 2.45) is 0 Å². The molecule has 0 aromatic rings. The minimum Gasteiger partial charge on any atom is -1.00 e. The van der Waals surface area contributed by atoms with E-state index < -0.39 is 7.82 Å². The van der Waals surface area contributed by atoms with Crippen molar-refractivity contribution in [2.45, 2.75) is 0 Å². The van der Waals surface area contributed by atoms with E-state index in [-0.39, 0.29) is 44.4 Å². The van der Waals surface area contributed by atoms with Crippen LogP contribution in [-0.2, 0) is 4.57 Å². The van der Waals surface area contributed by atoms with Gasteiger partial charge in [0.2, 0.25) is 0 Å². The molecule has 0 aromatic heterocycles. The van der Waals surface area contributed by atoms with Crippen LogP contribution in [0.15, 0.2) is 0 Å². The third-order valence-electron chi connectivity index (χ3n) is 0. The Balaban J connectivity index is -0.00000000533. The monoisotopic (exact) mass is 175 g/mol. The van der Waals surface area contributed by atoms with Crippen molar-refractivity contribution < 1.29 is 22.1 Å². The molecule has 0 radical (unpaired) electrons. The molecule has 0 aliphatic heterocycles. The number of rotatable bonds is 0. The van der Waals surface area contributed by atoms with Crippen LogP contribution >= 0.6 is 7.82 Å². The van der Waals surface area contributed by atoms with Crippen LogP contribution < -0.4 is 18.5 Å². The topological polar surface area (TPSA) is 183 Å². The molecule has 0 amide bonds. The van der Waals surface area contributed by atoms with Crippen molar-refractivity contribution >= 4 is 30.9 Å². The number of hydrogen-bond donors (Lipinski definition) is 6. The first-order valence-electron chi connectivity index (χ1n) is 0.783. The fourth-order valence-corrected chi connectivity index (χ4v) is 0. The van der Waals surface area contributed by atoms with E-state index in [1.165, 1.54) is 0 Å². The van der Waals surface area contributed by atoms with Gasteiger partial charge in [-0.2, -0.15) is 0 Å². The third-order valence-corrected chi connectivity index (χ3v) is 0. The van der Waals surface area contributed by atoms with Crippen molar-refractivity contribution in [3.8, 4) is 0 Å². The number of hydrogen-bond acceptors (Lipinski definition) is 4. The zero-order valence-corrected chi connectivity index (χ0v) is 7.33.